The number of imidazole rings is 1. The van der Waals surface area contributed by atoms with Crippen LogP contribution in [0.2, 0.25) is 0 Å². The van der Waals surface area contributed by atoms with Crippen LogP contribution in [0.1, 0.15) is 11.3 Å². The zero-order chi connectivity index (χ0) is 27.0. The lowest BCUT2D eigenvalue weighted by molar-refractivity contribution is -0.141. The number of nitrogens with zero attached hydrogens (tertiary/aromatic N) is 4. The molecule has 0 saturated carbocycles. The van der Waals surface area contributed by atoms with Crippen molar-refractivity contribution in [2.24, 2.45) is 7.05 Å². The van der Waals surface area contributed by atoms with E-state index in [0.717, 1.165) is 16.3 Å². The number of nitrogens with one attached hydrogen (secondary N) is 3. The van der Waals surface area contributed by atoms with Crippen molar-refractivity contribution in [3.8, 4) is 17.2 Å². The minimum atomic E-state index is -4.69. The summed E-state index contributed by atoms with van der Waals surface area (Å²) < 4.78 is 48.2. The van der Waals surface area contributed by atoms with Gasteiger partial charge in [0, 0.05) is 31.1 Å². The normalized spacial score (nSPS) is 11.5. The van der Waals surface area contributed by atoms with Crippen molar-refractivity contribution in [3.63, 3.8) is 0 Å². The molecule has 2 aromatic carbocycles. The summed E-state index contributed by atoms with van der Waals surface area (Å²) in [5.74, 6) is 0.668. The number of fused-ring (bicyclic) bond motifs is 1. The van der Waals surface area contributed by atoms with Crippen LogP contribution in [0.25, 0.3) is 16.9 Å². The van der Waals surface area contributed by atoms with E-state index in [9.17, 15) is 22.8 Å². The standard InChI is InChI=1S/C25H20F3N7O3/c1-14-3-7-16(8-4-14)35-20(13-19(33-35)25(26,27)28)31-23(36)30-15-5-9-17(10-6-15)38-18-11-12-29-22-21(18)34(2)24(37)32-22/h3-13H,1-2H3,(H,29,32,37)(H2,30,31,36). The maximum atomic E-state index is 13.3. The second kappa shape index (κ2) is 9.42. The number of hydrogen-bond acceptors (Lipinski definition) is 5. The van der Waals surface area contributed by atoms with E-state index >= 15 is 0 Å². The zero-order valence-electron chi connectivity index (χ0n) is 20.0. The molecule has 10 nitrogen and oxygen atoms in total. The molecule has 194 valence electrons. The molecule has 3 N–H and O–H groups in total. The molecule has 0 atom stereocenters. The van der Waals surface area contributed by atoms with Crippen molar-refractivity contribution < 1.29 is 22.7 Å². The molecule has 0 aliphatic carbocycles. The van der Waals surface area contributed by atoms with E-state index in [1.807, 2.05) is 6.92 Å². The van der Waals surface area contributed by atoms with Gasteiger partial charge in [-0.15, -0.1) is 0 Å². The van der Waals surface area contributed by atoms with Gasteiger partial charge in [-0.1, -0.05) is 17.7 Å². The molecule has 3 heterocycles. The molecule has 5 rings (SSSR count). The molecule has 2 amide bonds. The number of hydrogen-bond donors (Lipinski definition) is 3. The maximum absolute atomic E-state index is 13.3. The predicted molar refractivity (Wildman–Crippen MR) is 134 cm³/mol. The number of anilines is 2. The van der Waals surface area contributed by atoms with Gasteiger partial charge in [-0.25, -0.2) is 19.3 Å². The summed E-state index contributed by atoms with van der Waals surface area (Å²) in [6.07, 6.45) is -3.19. The highest BCUT2D eigenvalue weighted by Gasteiger charge is 2.35. The number of aromatic amines is 1. The minimum Gasteiger partial charge on any atom is -0.455 e. The van der Waals surface area contributed by atoms with Crippen molar-refractivity contribution >= 4 is 28.7 Å². The monoisotopic (exact) mass is 523 g/mol. The van der Waals surface area contributed by atoms with E-state index in [4.69, 9.17) is 4.74 Å². The predicted octanol–water partition coefficient (Wildman–Crippen LogP) is 5.21. The van der Waals surface area contributed by atoms with Gasteiger partial charge in [0.1, 0.15) is 17.1 Å². The van der Waals surface area contributed by atoms with Gasteiger partial charge < -0.3 is 10.1 Å². The number of aromatic nitrogens is 5. The second-order valence-electron chi connectivity index (χ2n) is 8.36. The minimum absolute atomic E-state index is 0.155. The van der Waals surface area contributed by atoms with Gasteiger partial charge in [-0.3, -0.25) is 14.9 Å². The highest BCUT2D eigenvalue weighted by molar-refractivity contribution is 5.99. The van der Waals surface area contributed by atoms with Crippen LogP contribution in [0, 0.1) is 6.92 Å². The fourth-order valence-corrected chi connectivity index (χ4v) is 3.72. The van der Waals surface area contributed by atoms with E-state index in [2.05, 4.69) is 25.7 Å². The van der Waals surface area contributed by atoms with Gasteiger partial charge in [0.15, 0.2) is 17.1 Å². The van der Waals surface area contributed by atoms with Gasteiger partial charge in [0.2, 0.25) is 0 Å². The fourth-order valence-electron chi connectivity index (χ4n) is 3.72. The molecule has 0 unspecified atom stereocenters. The first-order valence-corrected chi connectivity index (χ1v) is 11.2. The number of benzene rings is 2. The van der Waals surface area contributed by atoms with Crippen LogP contribution >= 0.6 is 0 Å². The van der Waals surface area contributed by atoms with Crippen LogP contribution in [-0.2, 0) is 13.2 Å². The molecule has 0 radical (unpaired) electrons. The lowest BCUT2D eigenvalue weighted by atomic mass is 10.2. The first-order chi connectivity index (χ1) is 18.1. The first-order valence-electron chi connectivity index (χ1n) is 11.2. The Labute approximate surface area is 212 Å². The van der Waals surface area contributed by atoms with Gasteiger partial charge in [-0.2, -0.15) is 18.3 Å². The summed E-state index contributed by atoms with van der Waals surface area (Å²) >= 11 is 0. The van der Waals surface area contributed by atoms with Crippen molar-refractivity contribution in [2.75, 3.05) is 10.6 Å². The Hall–Kier alpha value is -5.07. The van der Waals surface area contributed by atoms with Gasteiger partial charge in [0.25, 0.3) is 0 Å². The molecular weight excluding hydrogens is 503 g/mol. The summed E-state index contributed by atoms with van der Waals surface area (Å²) in [4.78, 5) is 31.2. The number of rotatable bonds is 5. The third-order valence-corrected chi connectivity index (χ3v) is 5.61. The molecule has 0 fully saturated rings. The van der Waals surface area contributed by atoms with Crippen LogP contribution in [0.5, 0.6) is 11.5 Å². The third-order valence-electron chi connectivity index (χ3n) is 5.61. The second-order valence-corrected chi connectivity index (χ2v) is 8.36. The molecular formula is C25H20F3N7O3. The number of amides is 2. The van der Waals surface area contributed by atoms with Gasteiger partial charge >= 0.3 is 17.9 Å². The fraction of sp³-hybridized carbons (Fsp3) is 0.120. The molecule has 5 aromatic rings. The van der Waals surface area contributed by atoms with Crippen LogP contribution in [0.4, 0.5) is 29.5 Å². The Morgan fingerprint density at radius 1 is 1.03 bits per heavy atom. The molecule has 0 aliphatic rings. The lowest BCUT2D eigenvalue weighted by Gasteiger charge is -2.11. The van der Waals surface area contributed by atoms with E-state index in [-0.39, 0.29) is 11.5 Å². The first kappa shape index (κ1) is 24.6. The smallest absolute Gasteiger partial charge is 0.435 e. The molecule has 0 bridgehead atoms. The number of carbonyl (C=O) groups excluding carboxylic acids is 1. The Morgan fingerprint density at radius 2 is 1.74 bits per heavy atom. The Bertz CT molecular complexity index is 1690. The van der Waals surface area contributed by atoms with Crippen LogP contribution in [0.15, 0.2) is 71.7 Å². The number of ether oxygens (including phenoxy) is 1. The van der Waals surface area contributed by atoms with E-state index in [0.29, 0.717) is 34.0 Å². The molecule has 38 heavy (non-hydrogen) atoms. The molecule has 13 heteroatoms. The van der Waals surface area contributed by atoms with Crippen molar-refractivity contribution in [2.45, 2.75) is 13.1 Å². The van der Waals surface area contributed by atoms with Crippen LogP contribution in [-0.4, -0.2) is 30.3 Å². The van der Waals surface area contributed by atoms with Crippen LogP contribution in [0.3, 0.4) is 0 Å². The Kier molecular flexibility index (Phi) is 6.11. The zero-order valence-corrected chi connectivity index (χ0v) is 20.0. The lowest BCUT2D eigenvalue weighted by Crippen LogP contribution is -2.21. The van der Waals surface area contributed by atoms with Crippen molar-refractivity contribution in [1.29, 1.82) is 0 Å². The maximum Gasteiger partial charge on any atom is 0.435 e. The van der Waals surface area contributed by atoms with Crippen molar-refractivity contribution in [3.05, 3.63) is 88.6 Å². The summed E-state index contributed by atoms with van der Waals surface area (Å²) in [6, 6.07) is 14.6. The molecule has 0 saturated heterocycles. The highest BCUT2D eigenvalue weighted by atomic mass is 19.4. The molecule has 3 aromatic heterocycles. The average molecular weight is 523 g/mol. The number of carbonyl (C=O) groups is 1. The SMILES string of the molecule is Cc1ccc(-n2nc(C(F)(F)F)cc2NC(=O)Nc2ccc(Oc3ccnc4[nH]c(=O)n(C)c34)cc2)cc1. The number of urea groups is 1. The summed E-state index contributed by atoms with van der Waals surface area (Å²) in [5, 5.41) is 8.62. The summed E-state index contributed by atoms with van der Waals surface area (Å²) in [6.45, 7) is 1.84. The highest BCUT2D eigenvalue weighted by Crippen LogP contribution is 2.32. The van der Waals surface area contributed by atoms with Crippen LogP contribution < -0.4 is 21.1 Å². The summed E-state index contributed by atoms with van der Waals surface area (Å²) in [5.41, 5.74) is 1.03. The largest absolute Gasteiger partial charge is 0.455 e. The number of halogens is 3. The van der Waals surface area contributed by atoms with E-state index < -0.39 is 17.9 Å². The van der Waals surface area contributed by atoms with Crippen molar-refractivity contribution in [1.82, 2.24) is 24.3 Å². The molecule has 0 aliphatic heterocycles. The molecule has 0 spiro atoms. The van der Waals surface area contributed by atoms with Gasteiger partial charge in [0.05, 0.1) is 5.69 Å². The number of aryl methyl sites for hydroxylation is 2. The van der Waals surface area contributed by atoms with E-state index in [1.165, 1.54) is 10.8 Å². The Morgan fingerprint density at radius 3 is 2.42 bits per heavy atom. The number of pyridine rings is 1. The third kappa shape index (κ3) is 4.93. The number of alkyl halides is 3. The van der Waals surface area contributed by atoms with Gasteiger partial charge in [-0.05, 0) is 43.3 Å². The van der Waals surface area contributed by atoms with E-state index in [1.54, 1.807) is 61.6 Å². The topological polar surface area (TPSA) is 119 Å². The average Bonchev–Trinajstić information content (AvgIpc) is 3.42. The number of H-pyrrole nitrogens is 1. The summed E-state index contributed by atoms with van der Waals surface area (Å²) in [7, 11) is 1.59. The quantitative estimate of drug-likeness (QED) is 0.292. The Balaban J connectivity index is 1.32.